The fourth-order valence-corrected chi connectivity index (χ4v) is 5.91. The van der Waals surface area contributed by atoms with E-state index in [1.54, 1.807) is 0 Å². The Morgan fingerprint density at radius 1 is 1.03 bits per heavy atom. The van der Waals surface area contributed by atoms with E-state index in [9.17, 15) is 18.0 Å². The van der Waals surface area contributed by atoms with Crippen molar-refractivity contribution in [2.24, 2.45) is 0 Å². The lowest BCUT2D eigenvalue weighted by molar-refractivity contribution is 0.0864. The normalized spacial score (nSPS) is 20.1. The van der Waals surface area contributed by atoms with Gasteiger partial charge >= 0.3 is 0 Å². The van der Waals surface area contributed by atoms with Crippen LogP contribution in [0.3, 0.4) is 0 Å². The van der Waals surface area contributed by atoms with E-state index < -0.39 is 21.8 Å². The molecule has 29 heavy (non-hydrogen) atoms. The molecule has 2 heterocycles. The number of anilines is 2. The van der Waals surface area contributed by atoms with Gasteiger partial charge in [0.2, 0.25) is 0 Å². The molecular weight excluding hydrogens is 390 g/mol. The molecule has 1 saturated carbocycles. The Labute approximate surface area is 169 Å². The Morgan fingerprint density at radius 3 is 2.48 bits per heavy atom. The van der Waals surface area contributed by atoms with Gasteiger partial charge in [-0.25, -0.2) is 12.7 Å². The smallest absolute Gasteiger partial charge is 0.269 e. The van der Waals surface area contributed by atoms with E-state index in [1.807, 2.05) is 24.3 Å². The first-order chi connectivity index (χ1) is 14.0. The zero-order chi connectivity index (χ0) is 20.2. The van der Waals surface area contributed by atoms with Gasteiger partial charge in [-0.2, -0.15) is 0 Å². The molecule has 1 N–H and O–H groups in total. The van der Waals surface area contributed by atoms with Gasteiger partial charge in [0.05, 0.1) is 16.9 Å². The van der Waals surface area contributed by atoms with E-state index >= 15 is 0 Å². The van der Waals surface area contributed by atoms with Crippen molar-refractivity contribution in [3.63, 3.8) is 0 Å². The Morgan fingerprint density at radius 2 is 1.76 bits per heavy atom. The van der Waals surface area contributed by atoms with Crippen LogP contribution < -0.4 is 10.2 Å². The van der Waals surface area contributed by atoms with Crippen molar-refractivity contribution < 1.29 is 18.0 Å². The zero-order valence-corrected chi connectivity index (χ0v) is 16.6. The van der Waals surface area contributed by atoms with Gasteiger partial charge in [0.25, 0.3) is 21.8 Å². The van der Waals surface area contributed by atoms with Crippen LogP contribution in [0.15, 0.2) is 47.4 Å². The maximum atomic E-state index is 12.9. The number of carbonyl (C=O) groups is 2. The second-order valence-corrected chi connectivity index (χ2v) is 9.50. The van der Waals surface area contributed by atoms with E-state index in [2.05, 4.69) is 10.2 Å². The number of fused-ring (bicyclic) bond motifs is 1. The molecule has 0 bridgehead atoms. The molecule has 3 aliphatic rings. The fourth-order valence-electron chi connectivity index (χ4n) is 4.07. The summed E-state index contributed by atoms with van der Waals surface area (Å²) in [4.78, 5) is 27.5. The van der Waals surface area contributed by atoms with Gasteiger partial charge < -0.3 is 10.2 Å². The lowest BCUT2D eigenvalue weighted by Crippen LogP contribution is -2.31. The summed E-state index contributed by atoms with van der Waals surface area (Å²) in [5.41, 5.74) is 2.01. The molecule has 7 nitrogen and oxygen atoms in total. The maximum absolute atomic E-state index is 12.9. The second-order valence-electron chi connectivity index (χ2n) is 7.71. The minimum Gasteiger partial charge on any atom is -0.370 e. The number of para-hydroxylation sites is 2. The Balaban J connectivity index is 1.45. The molecule has 1 aliphatic carbocycles. The van der Waals surface area contributed by atoms with Crippen molar-refractivity contribution in [3.8, 4) is 0 Å². The molecule has 2 amide bonds. The van der Waals surface area contributed by atoms with E-state index in [0.717, 1.165) is 35.9 Å². The van der Waals surface area contributed by atoms with E-state index in [1.165, 1.54) is 18.2 Å². The molecule has 0 atom stereocenters. The van der Waals surface area contributed by atoms with Crippen LogP contribution in [0.4, 0.5) is 11.4 Å². The molecule has 2 aromatic carbocycles. The number of sulfonamides is 1. The summed E-state index contributed by atoms with van der Waals surface area (Å²) in [6, 6.07) is 11.6. The Hall–Kier alpha value is -2.87. The van der Waals surface area contributed by atoms with Crippen molar-refractivity contribution in [3.05, 3.63) is 53.6 Å². The molecule has 0 aromatic heterocycles. The second kappa shape index (κ2) is 6.59. The topological polar surface area (TPSA) is 86.8 Å². The molecule has 0 unspecified atom stereocenters. The lowest BCUT2D eigenvalue weighted by Gasteiger charge is -2.21. The molecule has 2 aromatic rings. The van der Waals surface area contributed by atoms with Crippen molar-refractivity contribution in [2.75, 3.05) is 23.3 Å². The highest BCUT2D eigenvalue weighted by atomic mass is 32.2. The molecule has 2 fully saturated rings. The van der Waals surface area contributed by atoms with Crippen molar-refractivity contribution >= 4 is 33.2 Å². The quantitative estimate of drug-likeness (QED) is 0.836. The molecule has 150 valence electrons. The van der Waals surface area contributed by atoms with Gasteiger partial charge in [-0.05, 0) is 56.0 Å². The number of rotatable bonds is 4. The van der Waals surface area contributed by atoms with Gasteiger partial charge in [-0.15, -0.1) is 0 Å². The van der Waals surface area contributed by atoms with Crippen LogP contribution in [0.25, 0.3) is 0 Å². The Kier molecular flexibility index (Phi) is 4.13. The van der Waals surface area contributed by atoms with E-state index in [-0.39, 0.29) is 22.1 Å². The first-order valence-corrected chi connectivity index (χ1v) is 11.3. The van der Waals surface area contributed by atoms with Crippen LogP contribution in [-0.2, 0) is 10.0 Å². The third kappa shape index (κ3) is 2.98. The average molecular weight is 411 g/mol. The number of hydrogen-bond acceptors (Lipinski definition) is 5. The lowest BCUT2D eigenvalue weighted by atomic mass is 10.1. The molecule has 1 saturated heterocycles. The highest BCUT2D eigenvalue weighted by Gasteiger charge is 2.48. The number of nitrogens with zero attached hydrogens (tertiary/aromatic N) is 2. The fraction of sp³-hybridized carbons (Fsp3) is 0.333. The van der Waals surface area contributed by atoms with Crippen molar-refractivity contribution in [2.45, 2.75) is 36.6 Å². The molecule has 0 radical (unpaired) electrons. The molecule has 2 aliphatic heterocycles. The van der Waals surface area contributed by atoms with Gasteiger partial charge in [-0.3, -0.25) is 9.59 Å². The first-order valence-electron chi connectivity index (χ1n) is 9.85. The number of nitrogens with one attached hydrogen (secondary N) is 1. The average Bonchev–Trinajstić information content (AvgIpc) is 3.33. The minimum atomic E-state index is -3.89. The van der Waals surface area contributed by atoms with Crippen LogP contribution in [0.2, 0.25) is 0 Å². The van der Waals surface area contributed by atoms with Gasteiger partial charge in [0.15, 0.2) is 0 Å². The summed E-state index contributed by atoms with van der Waals surface area (Å²) in [7, 11) is -3.89. The summed E-state index contributed by atoms with van der Waals surface area (Å²) < 4.78 is 26.6. The largest absolute Gasteiger partial charge is 0.370 e. The third-order valence-electron chi connectivity index (χ3n) is 5.69. The highest BCUT2D eigenvalue weighted by Crippen LogP contribution is 2.39. The first kappa shape index (κ1) is 18.2. The van der Waals surface area contributed by atoms with Gasteiger partial charge in [0.1, 0.15) is 4.90 Å². The molecule has 5 rings (SSSR count). The van der Waals surface area contributed by atoms with Crippen LogP contribution in [0.1, 0.15) is 46.4 Å². The van der Waals surface area contributed by atoms with Gasteiger partial charge in [0, 0.05) is 24.7 Å². The van der Waals surface area contributed by atoms with Crippen LogP contribution in [0.5, 0.6) is 0 Å². The Bertz CT molecular complexity index is 1120. The minimum absolute atomic E-state index is 0.0742. The van der Waals surface area contributed by atoms with Crippen LogP contribution in [0, 0.1) is 0 Å². The van der Waals surface area contributed by atoms with Crippen LogP contribution in [-0.4, -0.2) is 43.7 Å². The zero-order valence-electron chi connectivity index (χ0n) is 15.8. The predicted octanol–water partition coefficient (Wildman–Crippen LogP) is 2.85. The SMILES string of the molecule is O=C(Nc1ccccc1N1CCCC1)c1ccc2c(c1)S(=O)(=O)N(C1CC1)C2=O. The summed E-state index contributed by atoms with van der Waals surface area (Å²) in [5.74, 6) is -0.888. The highest BCUT2D eigenvalue weighted by molar-refractivity contribution is 7.90. The van der Waals surface area contributed by atoms with E-state index in [0.29, 0.717) is 18.5 Å². The number of benzene rings is 2. The molecule has 0 spiro atoms. The number of amides is 2. The van der Waals surface area contributed by atoms with Crippen molar-refractivity contribution in [1.29, 1.82) is 0 Å². The number of hydrogen-bond donors (Lipinski definition) is 1. The van der Waals surface area contributed by atoms with Crippen LogP contribution >= 0.6 is 0 Å². The third-order valence-corrected chi connectivity index (χ3v) is 7.56. The standard InChI is InChI=1S/C21H21N3O4S/c25-20(22-17-5-1-2-6-18(17)23-11-3-4-12-23)14-7-10-16-19(13-14)29(27,28)24(21(16)26)15-8-9-15/h1-2,5-7,10,13,15H,3-4,8-9,11-12H2,(H,22,25). The van der Waals surface area contributed by atoms with Crippen molar-refractivity contribution in [1.82, 2.24) is 4.31 Å². The molecular formula is C21H21N3O4S. The summed E-state index contributed by atoms with van der Waals surface area (Å²) in [6.07, 6.45) is 3.63. The monoisotopic (exact) mass is 411 g/mol. The van der Waals surface area contributed by atoms with Gasteiger partial charge in [-0.1, -0.05) is 12.1 Å². The summed E-state index contributed by atoms with van der Waals surface area (Å²) in [6.45, 7) is 1.90. The maximum Gasteiger partial charge on any atom is 0.269 e. The van der Waals surface area contributed by atoms with E-state index in [4.69, 9.17) is 0 Å². The summed E-state index contributed by atoms with van der Waals surface area (Å²) >= 11 is 0. The molecule has 8 heteroatoms. The predicted molar refractivity (Wildman–Crippen MR) is 109 cm³/mol. The summed E-state index contributed by atoms with van der Waals surface area (Å²) in [5, 5.41) is 2.91. The number of carbonyl (C=O) groups excluding carboxylic acids is 2.